The van der Waals surface area contributed by atoms with Gasteiger partial charge in [0.05, 0.1) is 22.3 Å². The number of hydrogen-bond acceptors (Lipinski definition) is 7. The molecule has 0 unspecified atom stereocenters. The number of Topliss-reactive ketones (excluding diaryl/α,β-unsaturated/α-hetero) is 1. The Kier molecular flexibility index (Phi) is 8.77. The maximum Gasteiger partial charge on any atom is 0.219 e. The summed E-state index contributed by atoms with van der Waals surface area (Å²) in [6, 6.07) is 18.3. The van der Waals surface area contributed by atoms with Crippen molar-refractivity contribution in [2.75, 3.05) is 0 Å². The average Bonchev–Trinajstić information content (AvgIpc) is 3.59. The van der Waals surface area contributed by atoms with Gasteiger partial charge < -0.3 is 14.2 Å². The molecule has 2 aromatic carbocycles. The number of benzene rings is 2. The van der Waals surface area contributed by atoms with Gasteiger partial charge in [0.1, 0.15) is 17.3 Å². The number of halogens is 1. The van der Waals surface area contributed by atoms with Gasteiger partial charge in [-0.25, -0.2) is 4.39 Å². The second-order valence-corrected chi connectivity index (χ2v) is 11.5. The lowest BCUT2D eigenvalue weighted by Crippen LogP contribution is -2.36. The van der Waals surface area contributed by atoms with Crippen LogP contribution >= 0.6 is 11.3 Å². The summed E-state index contributed by atoms with van der Waals surface area (Å²) in [5, 5.41) is 3.84. The summed E-state index contributed by atoms with van der Waals surface area (Å²) < 4.78 is 26.8. The van der Waals surface area contributed by atoms with Gasteiger partial charge in [-0.2, -0.15) is 0 Å². The number of pyridine rings is 1. The highest BCUT2D eigenvalue weighted by Gasteiger charge is 2.17. The largest absolute Gasteiger partial charge is 0.453 e. The van der Waals surface area contributed by atoms with E-state index in [1.165, 1.54) is 17.4 Å². The summed E-state index contributed by atoms with van der Waals surface area (Å²) in [5.74, 6) is 0.643. The van der Waals surface area contributed by atoms with Crippen molar-refractivity contribution in [1.29, 1.82) is 0 Å². The molecule has 42 heavy (non-hydrogen) atoms. The number of aromatic nitrogens is 2. The van der Waals surface area contributed by atoms with Gasteiger partial charge in [-0.1, -0.05) is 42.4 Å². The van der Waals surface area contributed by atoms with E-state index in [9.17, 15) is 9.59 Å². The fraction of sp³-hybridized carbons (Fsp3) is 0.273. The second-order valence-electron chi connectivity index (χ2n) is 10.4. The molecule has 5 aromatic rings. The molecule has 0 fully saturated rings. The van der Waals surface area contributed by atoms with Crippen LogP contribution in [0.4, 0.5) is 4.39 Å². The van der Waals surface area contributed by atoms with Crippen molar-refractivity contribution < 1.29 is 23.2 Å². The van der Waals surface area contributed by atoms with Crippen LogP contribution in [0, 0.1) is 12.7 Å². The molecule has 5 rings (SSSR count). The van der Waals surface area contributed by atoms with Gasteiger partial charge in [-0.3, -0.25) is 14.6 Å². The Morgan fingerprint density at radius 1 is 1.02 bits per heavy atom. The van der Waals surface area contributed by atoms with Crippen molar-refractivity contribution in [1.82, 2.24) is 15.0 Å². The summed E-state index contributed by atoms with van der Waals surface area (Å²) in [6.07, 6.45) is 2.75. The third-order valence-corrected chi connectivity index (χ3v) is 8.35. The number of fused-ring (bicyclic) bond motifs is 1. The van der Waals surface area contributed by atoms with E-state index in [2.05, 4.69) is 24.0 Å². The fourth-order valence-corrected chi connectivity index (χ4v) is 5.83. The molecule has 3 aromatic heterocycles. The van der Waals surface area contributed by atoms with Crippen LogP contribution in [-0.4, -0.2) is 32.8 Å². The number of rotatable bonds is 11. The number of ketones is 1. The van der Waals surface area contributed by atoms with Gasteiger partial charge in [0, 0.05) is 49.1 Å². The lowest BCUT2D eigenvalue weighted by molar-refractivity contribution is -0.131. The zero-order valence-corrected chi connectivity index (χ0v) is 24.8. The number of thiophene rings is 1. The van der Waals surface area contributed by atoms with Gasteiger partial charge in [0.2, 0.25) is 5.91 Å². The maximum atomic E-state index is 15.0. The fourth-order valence-electron chi connectivity index (χ4n) is 4.76. The molecular weight excluding hydrogens is 553 g/mol. The minimum absolute atomic E-state index is 0.0640. The molecule has 0 saturated heterocycles. The van der Waals surface area contributed by atoms with E-state index in [-0.39, 0.29) is 36.3 Å². The summed E-state index contributed by atoms with van der Waals surface area (Å²) in [7, 11) is 0. The molecule has 0 aliphatic heterocycles. The van der Waals surface area contributed by atoms with Gasteiger partial charge in [-0.15, -0.1) is 11.3 Å². The molecule has 1 amide bonds. The normalized spacial score (nSPS) is 11.9. The molecule has 7 nitrogen and oxygen atoms in total. The summed E-state index contributed by atoms with van der Waals surface area (Å²) >= 11 is 1.52. The van der Waals surface area contributed by atoms with Crippen LogP contribution in [0.1, 0.15) is 49.8 Å². The minimum Gasteiger partial charge on any atom is -0.453 e. The van der Waals surface area contributed by atoms with Crippen LogP contribution in [0.25, 0.3) is 20.7 Å². The number of amides is 1. The predicted octanol–water partition coefficient (Wildman–Crippen LogP) is 7.69. The molecular formula is C33H32FN3O4S. The Balaban J connectivity index is 1.30. The Labute approximate surface area is 247 Å². The van der Waals surface area contributed by atoms with Crippen molar-refractivity contribution >= 4 is 33.2 Å². The van der Waals surface area contributed by atoms with E-state index in [4.69, 9.17) is 9.26 Å². The lowest BCUT2D eigenvalue weighted by atomic mass is 10.1. The highest BCUT2D eigenvalue weighted by atomic mass is 32.1. The molecule has 0 saturated carbocycles. The molecule has 0 bridgehead atoms. The summed E-state index contributed by atoms with van der Waals surface area (Å²) in [4.78, 5) is 31.9. The lowest BCUT2D eigenvalue weighted by Gasteiger charge is -2.27. The van der Waals surface area contributed by atoms with E-state index >= 15 is 4.39 Å². The van der Waals surface area contributed by atoms with Crippen LogP contribution in [0.15, 0.2) is 71.4 Å². The van der Waals surface area contributed by atoms with Crippen molar-refractivity contribution in [3.63, 3.8) is 0 Å². The first kappa shape index (κ1) is 29.1. The standard InChI is InChI=1S/C33H32FN3O4S/c1-5-20(2)37(22(4)38)19-23-6-9-25(10-7-23)32-18-29-33(42-32)31(12-13-35-29)40-30-11-8-24(16-28(30)34)15-27(39)17-26-14-21(3)41-36-26/h6-14,16,18,20H,5,15,17,19H2,1-4H3/t20-/m0/s1. The van der Waals surface area contributed by atoms with Crippen molar-refractivity contribution in [2.24, 2.45) is 0 Å². The van der Waals surface area contributed by atoms with Crippen molar-refractivity contribution in [3.8, 4) is 21.9 Å². The molecule has 0 radical (unpaired) electrons. The zero-order chi connectivity index (χ0) is 29.8. The second kappa shape index (κ2) is 12.7. The van der Waals surface area contributed by atoms with E-state index in [0.717, 1.165) is 32.6 Å². The van der Waals surface area contributed by atoms with Gasteiger partial charge in [0.15, 0.2) is 11.6 Å². The smallest absolute Gasteiger partial charge is 0.219 e. The number of carbonyl (C=O) groups is 2. The van der Waals surface area contributed by atoms with Crippen LogP contribution in [-0.2, 0) is 29.0 Å². The van der Waals surface area contributed by atoms with E-state index in [1.807, 2.05) is 35.2 Å². The molecule has 3 heterocycles. The molecule has 1 atom stereocenters. The van der Waals surface area contributed by atoms with E-state index < -0.39 is 5.82 Å². The molecule has 0 N–H and O–H groups in total. The van der Waals surface area contributed by atoms with Crippen LogP contribution in [0.3, 0.4) is 0 Å². The SMILES string of the molecule is CC[C@H](C)N(Cc1ccc(-c2cc3nccc(Oc4ccc(CC(=O)Cc5cc(C)on5)cc4F)c3s2)cc1)C(C)=O. The molecule has 216 valence electrons. The first-order valence-corrected chi connectivity index (χ1v) is 14.7. The Bertz CT molecular complexity index is 1730. The van der Waals surface area contributed by atoms with Gasteiger partial charge >= 0.3 is 0 Å². The molecule has 0 aliphatic carbocycles. The van der Waals surface area contributed by atoms with E-state index in [1.54, 1.807) is 44.3 Å². The Morgan fingerprint density at radius 2 is 1.79 bits per heavy atom. The topological polar surface area (TPSA) is 85.5 Å². The first-order valence-electron chi connectivity index (χ1n) is 13.9. The number of carbonyl (C=O) groups excluding carboxylic acids is 2. The zero-order valence-electron chi connectivity index (χ0n) is 24.0. The number of aryl methyl sites for hydroxylation is 1. The third kappa shape index (κ3) is 6.74. The predicted molar refractivity (Wildman–Crippen MR) is 161 cm³/mol. The Hall–Kier alpha value is -4.37. The minimum atomic E-state index is -0.549. The summed E-state index contributed by atoms with van der Waals surface area (Å²) in [6.45, 7) is 8.07. The average molecular weight is 586 g/mol. The molecule has 9 heteroatoms. The van der Waals surface area contributed by atoms with Crippen LogP contribution in [0.5, 0.6) is 11.5 Å². The van der Waals surface area contributed by atoms with Gasteiger partial charge in [-0.05, 0) is 55.2 Å². The van der Waals surface area contributed by atoms with Gasteiger partial charge in [0.25, 0.3) is 0 Å². The highest BCUT2D eigenvalue weighted by molar-refractivity contribution is 7.22. The monoisotopic (exact) mass is 585 g/mol. The maximum absolute atomic E-state index is 15.0. The first-order chi connectivity index (χ1) is 20.2. The number of nitrogens with zero attached hydrogens (tertiary/aromatic N) is 3. The van der Waals surface area contributed by atoms with E-state index in [0.29, 0.717) is 29.3 Å². The summed E-state index contributed by atoms with van der Waals surface area (Å²) in [5.41, 5.74) is 3.95. The highest BCUT2D eigenvalue weighted by Crippen LogP contribution is 2.39. The Morgan fingerprint density at radius 3 is 2.45 bits per heavy atom. The number of hydrogen-bond donors (Lipinski definition) is 0. The van der Waals surface area contributed by atoms with Crippen LogP contribution < -0.4 is 4.74 Å². The quantitative estimate of drug-likeness (QED) is 0.158. The van der Waals surface area contributed by atoms with Crippen molar-refractivity contribution in [2.45, 2.75) is 59.5 Å². The van der Waals surface area contributed by atoms with Crippen LogP contribution in [0.2, 0.25) is 0 Å². The third-order valence-electron chi connectivity index (χ3n) is 7.17. The van der Waals surface area contributed by atoms with Crippen molar-refractivity contribution in [3.05, 3.63) is 95.3 Å². The molecule has 0 aliphatic rings. The molecule has 0 spiro atoms. The number of ether oxygens (including phenoxy) is 1.